The van der Waals surface area contributed by atoms with Gasteiger partial charge in [0.15, 0.2) is 0 Å². The van der Waals surface area contributed by atoms with E-state index in [0.29, 0.717) is 14.8 Å². The summed E-state index contributed by atoms with van der Waals surface area (Å²) in [7, 11) is 4.06. The Bertz CT molecular complexity index is 299. The fraction of sp³-hybridized carbons (Fsp3) is 1.00. The van der Waals surface area contributed by atoms with Crippen molar-refractivity contribution in [1.82, 2.24) is 4.57 Å². The van der Waals surface area contributed by atoms with E-state index in [1.165, 1.54) is 44.9 Å². The lowest BCUT2D eigenvalue weighted by Crippen LogP contribution is -2.53. The molecule has 1 rings (SSSR count). The van der Waals surface area contributed by atoms with E-state index in [9.17, 15) is 0 Å². The van der Waals surface area contributed by atoms with Crippen molar-refractivity contribution >= 4 is 18.5 Å². The molecule has 6 heteroatoms. The van der Waals surface area contributed by atoms with Crippen LogP contribution in [0.5, 0.6) is 0 Å². The third kappa shape index (κ3) is 6.41. The molecule has 1 heterocycles. The van der Waals surface area contributed by atoms with Crippen LogP contribution in [0, 0.1) is 0 Å². The Balaban J connectivity index is 2.08. The van der Waals surface area contributed by atoms with E-state index in [1.807, 2.05) is 21.3 Å². The highest BCUT2D eigenvalue weighted by atomic mass is 28.4. The first-order valence-corrected chi connectivity index (χ1v) is 11.5. The molecule has 0 saturated carbocycles. The smallest absolute Gasteiger partial charge is 0.420 e. The first kappa shape index (κ1) is 20.3. The molecule has 0 N–H and O–H groups in total. The van der Waals surface area contributed by atoms with Gasteiger partial charge in [0, 0.05) is 27.4 Å². The Labute approximate surface area is 141 Å². The van der Waals surface area contributed by atoms with E-state index in [-0.39, 0.29) is 0 Å². The monoisotopic (exact) mass is 345 g/mol. The molecule has 0 amide bonds. The van der Waals surface area contributed by atoms with Crippen molar-refractivity contribution in [1.29, 1.82) is 0 Å². The van der Waals surface area contributed by atoms with Crippen molar-refractivity contribution in [3.05, 3.63) is 0 Å². The molecule has 0 aliphatic carbocycles. The highest BCUT2D eigenvalue weighted by Crippen LogP contribution is 2.30. The molecule has 1 fully saturated rings. The Morgan fingerprint density at radius 2 is 1.64 bits per heavy atom. The minimum Gasteiger partial charge on any atom is -0.420 e. The van der Waals surface area contributed by atoms with Gasteiger partial charge in [0.1, 0.15) is 0 Å². The average Bonchev–Trinajstić information content (AvgIpc) is 2.89. The first-order chi connectivity index (χ1) is 10.5. The number of unbranched alkanes of at least 4 members (excludes halogenated alkanes) is 4. The lowest BCUT2D eigenvalue weighted by molar-refractivity contribution is 0.181. The fourth-order valence-corrected chi connectivity index (χ4v) is 7.22. The summed E-state index contributed by atoms with van der Waals surface area (Å²) in [6.45, 7) is 6.91. The normalized spacial score (nSPS) is 19.0. The quantitative estimate of drug-likeness (QED) is 0.398. The molecular formula is C16H35NO3Si2. The topological polar surface area (TPSA) is 30.9 Å². The molecule has 2 radical (unpaired) electrons. The standard InChI is InChI=1S/C16H35NO3Si2/c1-16(2,21-18-3)12-9-7-6-8-10-13-17-14-11-15-22(17,19-4)20-5/h6-15H2,1-5H3. The second-order valence-electron chi connectivity index (χ2n) is 6.92. The van der Waals surface area contributed by atoms with Gasteiger partial charge < -0.3 is 13.3 Å². The molecule has 0 aromatic rings. The van der Waals surface area contributed by atoms with Gasteiger partial charge in [0.25, 0.3) is 0 Å². The summed E-state index contributed by atoms with van der Waals surface area (Å²) in [4.78, 5) is 0. The van der Waals surface area contributed by atoms with Crippen molar-refractivity contribution in [2.24, 2.45) is 0 Å². The predicted octanol–water partition coefficient (Wildman–Crippen LogP) is 3.73. The Kier molecular flexibility index (Phi) is 9.42. The van der Waals surface area contributed by atoms with Crippen molar-refractivity contribution in [2.75, 3.05) is 34.4 Å². The zero-order valence-electron chi connectivity index (χ0n) is 15.2. The van der Waals surface area contributed by atoms with Crippen LogP contribution in [0.1, 0.15) is 58.8 Å². The summed E-state index contributed by atoms with van der Waals surface area (Å²) in [6.07, 6.45) is 9.09. The second-order valence-corrected chi connectivity index (χ2v) is 12.3. The molecule has 4 nitrogen and oxygen atoms in total. The second kappa shape index (κ2) is 10.2. The molecule has 0 spiro atoms. The lowest BCUT2D eigenvalue weighted by atomic mass is 10.0. The third-order valence-corrected chi connectivity index (χ3v) is 9.33. The number of nitrogens with zero attached hydrogens (tertiary/aromatic N) is 1. The van der Waals surface area contributed by atoms with Crippen molar-refractivity contribution < 1.29 is 13.3 Å². The molecule has 0 atom stereocenters. The van der Waals surface area contributed by atoms with Gasteiger partial charge in [0.05, 0.1) is 0 Å². The summed E-state index contributed by atoms with van der Waals surface area (Å²) in [5.74, 6) is 0. The van der Waals surface area contributed by atoms with Crippen LogP contribution in [0.2, 0.25) is 11.1 Å². The molecule has 22 heavy (non-hydrogen) atoms. The maximum absolute atomic E-state index is 5.75. The zero-order valence-corrected chi connectivity index (χ0v) is 17.2. The minimum atomic E-state index is -2.00. The number of rotatable bonds is 12. The summed E-state index contributed by atoms with van der Waals surface area (Å²) in [5.41, 5.74) is 0. The Morgan fingerprint density at radius 3 is 2.27 bits per heavy atom. The minimum absolute atomic E-state index is 0.354. The van der Waals surface area contributed by atoms with Crippen LogP contribution in [0.25, 0.3) is 0 Å². The summed E-state index contributed by atoms with van der Waals surface area (Å²) < 4.78 is 19.3. The van der Waals surface area contributed by atoms with E-state index in [4.69, 9.17) is 13.3 Å². The molecule has 0 bridgehead atoms. The van der Waals surface area contributed by atoms with Crippen molar-refractivity contribution in [3.63, 3.8) is 0 Å². The van der Waals surface area contributed by atoms with Gasteiger partial charge in [-0.15, -0.1) is 0 Å². The van der Waals surface area contributed by atoms with Crippen LogP contribution >= 0.6 is 0 Å². The number of hydrogen-bond acceptors (Lipinski definition) is 4. The molecule has 0 aromatic carbocycles. The molecular weight excluding hydrogens is 310 g/mol. The van der Waals surface area contributed by atoms with Crippen LogP contribution in [0.4, 0.5) is 0 Å². The first-order valence-electron chi connectivity index (χ1n) is 8.65. The van der Waals surface area contributed by atoms with Gasteiger partial charge in [-0.2, -0.15) is 0 Å². The highest BCUT2D eigenvalue weighted by Gasteiger charge is 2.46. The van der Waals surface area contributed by atoms with Crippen molar-refractivity contribution in [3.8, 4) is 0 Å². The Hall–Kier alpha value is 0.274. The lowest BCUT2D eigenvalue weighted by Gasteiger charge is -2.31. The molecule has 1 saturated heterocycles. The van der Waals surface area contributed by atoms with Gasteiger partial charge in [-0.05, 0) is 37.4 Å². The molecule has 1 aliphatic rings. The van der Waals surface area contributed by atoms with E-state index in [2.05, 4.69) is 18.4 Å². The van der Waals surface area contributed by atoms with E-state index in [1.54, 1.807) is 0 Å². The van der Waals surface area contributed by atoms with Gasteiger partial charge in [-0.1, -0.05) is 39.5 Å². The molecule has 130 valence electrons. The van der Waals surface area contributed by atoms with Gasteiger partial charge >= 0.3 is 8.72 Å². The van der Waals surface area contributed by atoms with Crippen LogP contribution in [-0.4, -0.2) is 57.5 Å². The Morgan fingerprint density at radius 1 is 1.00 bits per heavy atom. The third-order valence-electron chi connectivity index (χ3n) is 4.65. The molecule has 0 unspecified atom stereocenters. The van der Waals surface area contributed by atoms with Gasteiger partial charge in [-0.25, -0.2) is 0 Å². The highest BCUT2D eigenvalue weighted by molar-refractivity contribution is 6.65. The fourth-order valence-electron chi connectivity index (χ4n) is 3.38. The summed E-state index contributed by atoms with van der Waals surface area (Å²) >= 11 is 0. The van der Waals surface area contributed by atoms with Crippen LogP contribution in [0.3, 0.4) is 0 Å². The zero-order chi connectivity index (χ0) is 16.5. The molecule has 1 aliphatic heterocycles. The molecule has 0 aromatic heterocycles. The van der Waals surface area contributed by atoms with Crippen LogP contribution in [-0.2, 0) is 13.3 Å². The largest absolute Gasteiger partial charge is 0.427 e. The average molecular weight is 346 g/mol. The predicted molar refractivity (Wildman–Crippen MR) is 95.3 cm³/mol. The van der Waals surface area contributed by atoms with E-state index >= 15 is 0 Å². The maximum Gasteiger partial charge on any atom is 0.427 e. The van der Waals surface area contributed by atoms with E-state index < -0.39 is 8.72 Å². The maximum atomic E-state index is 5.75. The van der Waals surface area contributed by atoms with Crippen LogP contribution in [0.15, 0.2) is 0 Å². The van der Waals surface area contributed by atoms with Gasteiger partial charge in [-0.3, -0.25) is 4.57 Å². The van der Waals surface area contributed by atoms with E-state index in [0.717, 1.165) is 19.1 Å². The SMILES string of the molecule is CO[Si]C(C)(C)CCCCCCCN1CCC[Si]1(OC)OC. The van der Waals surface area contributed by atoms with Crippen LogP contribution < -0.4 is 0 Å². The summed E-state index contributed by atoms with van der Waals surface area (Å²) in [6, 6.07) is 1.12. The van der Waals surface area contributed by atoms with Gasteiger partial charge in [0.2, 0.25) is 9.76 Å². The van der Waals surface area contributed by atoms with Crippen molar-refractivity contribution in [2.45, 2.75) is 69.9 Å². The number of hydrogen-bond donors (Lipinski definition) is 0. The summed E-state index contributed by atoms with van der Waals surface area (Å²) in [5, 5.41) is 0.354.